The third-order valence-electron chi connectivity index (χ3n) is 3.10. The lowest BCUT2D eigenvalue weighted by Crippen LogP contribution is -2.19. The van der Waals surface area contributed by atoms with E-state index in [0.29, 0.717) is 0 Å². The first kappa shape index (κ1) is 14.2. The van der Waals surface area contributed by atoms with Crippen molar-refractivity contribution in [2.45, 2.75) is 26.0 Å². The van der Waals surface area contributed by atoms with E-state index in [0.717, 1.165) is 17.2 Å². The van der Waals surface area contributed by atoms with Crippen LogP contribution in [-0.2, 0) is 16.9 Å². The Kier molecular flexibility index (Phi) is 4.34. The summed E-state index contributed by atoms with van der Waals surface area (Å²) >= 11 is 1.71. The van der Waals surface area contributed by atoms with Crippen LogP contribution in [0.1, 0.15) is 24.5 Å². The fourth-order valence-corrected chi connectivity index (χ4v) is 2.97. The van der Waals surface area contributed by atoms with Crippen molar-refractivity contribution in [1.29, 1.82) is 0 Å². The smallest absolute Gasteiger partial charge is 0.125 e. The van der Waals surface area contributed by atoms with E-state index in [-0.39, 0.29) is 5.60 Å². The molecule has 0 aliphatic carbocycles. The minimum Gasteiger partial charge on any atom is -0.372 e. The van der Waals surface area contributed by atoms with E-state index in [1.807, 2.05) is 27.0 Å². The summed E-state index contributed by atoms with van der Waals surface area (Å²) in [6.07, 6.45) is 0. The lowest BCUT2D eigenvalue weighted by Gasteiger charge is -2.19. The number of thiazole rings is 1. The SMILES string of the molecule is CNCc1nc(C(C)(C)OC)sc1-c1ccccc1. The number of nitrogens with one attached hydrogen (secondary N) is 1. The van der Waals surface area contributed by atoms with Gasteiger partial charge in [-0.1, -0.05) is 30.3 Å². The van der Waals surface area contributed by atoms with E-state index in [9.17, 15) is 0 Å². The van der Waals surface area contributed by atoms with Crippen LogP contribution in [0.25, 0.3) is 10.4 Å². The number of benzene rings is 1. The van der Waals surface area contributed by atoms with Crippen molar-refractivity contribution < 1.29 is 4.74 Å². The van der Waals surface area contributed by atoms with Gasteiger partial charge in [-0.25, -0.2) is 4.98 Å². The lowest BCUT2D eigenvalue weighted by atomic mass is 10.1. The number of rotatable bonds is 5. The molecule has 0 saturated heterocycles. The van der Waals surface area contributed by atoms with E-state index in [1.165, 1.54) is 10.4 Å². The normalized spacial score (nSPS) is 11.8. The summed E-state index contributed by atoms with van der Waals surface area (Å²) in [5, 5.41) is 4.19. The van der Waals surface area contributed by atoms with Crippen LogP contribution in [-0.4, -0.2) is 19.1 Å². The highest BCUT2D eigenvalue weighted by Crippen LogP contribution is 2.36. The van der Waals surface area contributed by atoms with Gasteiger partial charge in [-0.3, -0.25) is 0 Å². The third-order valence-corrected chi connectivity index (χ3v) is 4.55. The standard InChI is InChI=1S/C15H20N2OS/c1-15(2,18-4)14-17-12(10-16-3)13(19-14)11-8-6-5-7-9-11/h5-9,16H,10H2,1-4H3. The molecule has 19 heavy (non-hydrogen) atoms. The molecule has 1 heterocycles. The zero-order valence-electron chi connectivity index (χ0n) is 11.9. The summed E-state index contributed by atoms with van der Waals surface area (Å²) in [6, 6.07) is 10.4. The molecule has 0 aliphatic heterocycles. The van der Waals surface area contributed by atoms with E-state index < -0.39 is 0 Å². The Morgan fingerprint density at radius 3 is 2.53 bits per heavy atom. The highest BCUT2D eigenvalue weighted by Gasteiger charge is 2.26. The number of methoxy groups -OCH3 is 1. The zero-order chi connectivity index (χ0) is 13.9. The first-order valence-corrected chi connectivity index (χ1v) is 7.15. The number of hydrogen-bond donors (Lipinski definition) is 1. The van der Waals surface area contributed by atoms with Gasteiger partial charge in [-0.2, -0.15) is 0 Å². The molecule has 1 aromatic heterocycles. The first-order chi connectivity index (χ1) is 9.08. The molecule has 0 spiro atoms. The Hall–Kier alpha value is -1.23. The fraction of sp³-hybridized carbons (Fsp3) is 0.400. The Morgan fingerprint density at radius 2 is 1.95 bits per heavy atom. The fourth-order valence-electron chi connectivity index (χ4n) is 1.80. The summed E-state index contributed by atoms with van der Waals surface area (Å²) in [6.45, 7) is 4.86. The average Bonchev–Trinajstić information content (AvgIpc) is 2.85. The van der Waals surface area contributed by atoms with Crippen molar-refractivity contribution >= 4 is 11.3 Å². The second-order valence-electron chi connectivity index (χ2n) is 4.91. The van der Waals surface area contributed by atoms with Crippen molar-refractivity contribution in [3.63, 3.8) is 0 Å². The Labute approximate surface area is 118 Å². The van der Waals surface area contributed by atoms with Gasteiger partial charge < -0.3 is 10.1 Å². The van der Waals surface area contributed by atoms with Crippen LogP contribution < -0.4 is 5.32 Å². The molecule has 0 bridgehead atoms. The van der Waals surface area contributed by atoms with Gasteiger partial charge in [-0.15, -0.1) is 11.3 Å². The van der Waals surface area contributed by atoms with E-state index >= 15 is 0 Å². The monoisotopic (exact) mass is 276 g/mol. The van der Waals surface area contributed by atoms with Crippen LogP contribution in [0.2, 0.25) is 0 Å². The number of hydrogen-bond acceptors (Lipinski definition) is 4. The van der Waals surface area contributed by atoms with Crippen LogP contribution in [0.3, 0.4) is 0 Å². The van der Waals surface area contributed by atoms with Gasteiger partial charge in [0.05, 0.1) is 10.6 Å². The second kappa shape index (κ2) is 5.82. The Bertz CT molecular complexity index is 534. The highest BCUT2D eigenvalue weighted by atomic mass is 32.1. The maximum absolute atomic E-state index is 5.53. The Balaban J connectivity index is 2.48. The van der Waals surface area contributed by atoms with Gasteiger partial charge >= 0.3 is 0 Å². The van der Waals surface area contributed by atoms with Crippen molar-refractivity contribution in [3.8, 4) is 10.4 Å². The van der Waals surface area contributed by atoms with Gasteiger partial charge in [0.15, 0.2) is 0 Å². The molecule has 2 aromatic rings. The second-order valence-corrected chi connectivity index (χ2v) is 5.90. The minimum absolute atomic E-state index is 0.347. The molecular formula is C15H20N2OS. The summed E-state index contributed by atoms with van der Waals surface area (Å²) in [5.41, 5.74) is 1.95. The molecule has 0 saturated carbocycles. The predicted molar refractivity (Wildman–Crippen MR) is 80.3 cm³/mol. The minimum atomic E-state index is -0.347. The number of nitrogens with zero attached hydrogens (tertiary/aromatic N) is 1. The van der Waals surface area contributed by atoms with Crippen molar-refractivity contribution in [3.05, 3.63) is 41.0 Å². The molecule has 4 heteroatoms. The van der Waals surface area contributed by atoms with Crippen LogP contribution >= 0.6 is 11.3 Å². The van der Waals surface area contributed by atoms with Gasteiger partial charge in [0.1, 0.15) is 10.6 Å². The average molecular weight is 276 g/mol. The molecule has 0 radical (unpaired) electrons. The molecule has 0 unspecified atom stereocenters. The van der Waals surface area contributed by atoms with Crippen LogP contribution in [0.15, 0.2) is 30.3 Å². The van der Waals surface area contributed by atoms with Crippen molar-refractivity contribution in [1.82, 2.24) is 10.3 Å². The predicted octanol–water partition coefficient (Wildman–Crippen LogP) is 3.41. The molecule has 0 amide bonds. The van der Waals surface area contributed by atoms with Crippen LogP contribution in [0, 0.1) is 0 Å². The molecule has 0 aliphatic rings. The first-order valence-electron chi connectivity index (χ1n) is 6.34. The third kappa shape index (κ3) is 3.03. The van der Waals surface area contributed by atoms with Crippen LogP contribution in [0.5, 0.6) is 0 Å². The summed E-state index contributed by atoms with van der Waals surface area (Å²) in [4.78, 5) is 5.97. The molecular weight excluding hydrogens is 256 g/mol. The number of ether oxygens (including phenoxy) is 1. The van der Waals surface area contributed by atoms with E-state index in [2.05, 4.69) is 29.6 Å². The highest BCUT2D eigenvalue weighted by molar-refractivity contribution is 7.15. The molecule has 2 rings (SSSR count). The van der Waals surface area contributed by atoms with Crippen molar-refractivity contribution in [2.24, 2.45) is 0 Å². The van der Waals surface area contributed by atoms with Gasteiger partial charge in [-0.05, 0) is 26.5 Å². The molecule has 3 nitrogen and oxygen atoms in total. The molecule has 1 aromatic carbocycles. The lowest BCUT2D eigenvalue weighted by molar-refractivity contribution is 0.0189. The largest absolute Gasteiger partial charge is 0.372 e. The Morgan fingerprint density at radius 1 is 1.26 bits per heavy atom. The van der Waals surface area contributed by atoms with E-state index in [4.69, 9.17) is 9.72 Å². The topological polar surface area (TPSA) is 34.2 Å². The van der Waals surface area contributed by atoms with Crippen molar-refractivity contribution in [2.75, 3.05) is 14.2 Å². The van der Waals surface area contributed by atoms with Gasteiger partial charge in [0.2, 0.25) is 0 Å². The summed E-state index contributed by atoms with van der Waals surface area (Å²) < 4.78 is 5.53. The van der Waals surface area contributed by atoms with Gasteiger partial charge in [0.25, 0.3) is 0 Å². The zero-order valence-corrected chi connectivity index (χ0v) is 12.7. The molecule has 1 N–H and O–H groups in total. The maximum atomic E-state index is 5.53. The van der Waals surface area contributed by atoms with Gasteiger partial charge in [0, 0.05) is 13.7 Å². The number of aromatic nitrogens is 1. The molecule has 102 valence electrons. The quantitative estimate of drug-likeness (QED) is 0.908. The maximum Gasteiger partial charge on any atom is 0.125 e. The summed E-state index contributed by atoms with van der Waals surface area (Å²) in [7, 11) is 3.66. The molecule has 0 fully saturated rings. The molecule has 0 atom stereocenters. The van der Waals surface area contributed by atoms with E-state index in [1.54, 1.807) is 18.4 Å². The van der Waals surface area contributed by atoms with Crippen LogP contribution in [0.4, 0.5) is 0 Å². The summed E-state index contributed by atoms with van der Waals surface area (Å²) in [5.74, 6) is 0.